The van der Waals surface area contributed by atoms with Crippen LogP contribution in [0.2, 0.25) is 0 Å². The molecule has 0 aliphatic rings. The summed E-state index contributed by atoms with van der Waals surface area (Å²) in [5.74, 6) is -0.865. The molecular formula is C9H8O4. The lowest BCUT2D eigenvalue weighted by atomic mass is 10.1. The number of hydrogen-bond acceptors (Lipinski definition) is 3. The fraction of sp³-hybridized carbons (Fsp3) is 0.111. The van der Waals surface area contributed by atoms with E-state index in [2.05, 4.69) is 0 Å². The molecule has 0 bridgehead atoms. The minimum absolute atomic E-state index is 0.0469. The van der Waals surface area contributed by atoms with Gasteiger partial charge in [0.15, 0.2) is 6.29 Å². The van der Waals surface area contributed by atoms with E-state index >= 15 is 0 Å². The molecule has 13 heavy (non-hydrogen) atoms. The monoisotopic (exact) mass is 180 g/mol. The first-order valence-electron chi connectivity index (χ1n) is 3.56. The summed E-state index contributed by atoms with van der Waals surface area (Å²) in [5.41, 5.74) is 0.0202. The highest BCUT2D eigenvalue weighted by atomic mass is 16.5. The number of carboxylic acid groups (broad SMARTS) is 1. The van der Waals surface area contributed by atoms with Crippen molar-refractivity contribution in [2.75, 3.05) is 7.11 Å². The van der Waals surface area contributed by atoms with Gasteiger partial charge in [0.05, 0.1) is 18.2 Å². The van der Waals surface area contributed by atoms with Gasteiger partial charge in [0, 0.05) is 0 Å². The van der Waals surface area contributed by atoms with Crippen LogP contribution >= 0.6 is 0 Å². The maximum atomic E-state index is 10.6. The van der Waals surface area contributed by atoms with Crippen LogP contribution in [0.3, 0.4) is 0 Å². The summed E-state index contributed by atoms with van der Waals surface area (Å²) in [6.07, 6.45) is 0.474. The summed E-state index contributed by atoms with van der Waals surface area (Å²) in [6, 6.07) is 4.42. The lowest BCUT2D eigenvalue weighted by molar-refractivity contribution is 0.0693. The maximum absolute atomic E-state index is 10.6. The van der Waals surface area contributed by atoms with Gasteiger partial charge in [-0.05, 0) is 12.1 Å². The highest BCUT2D eigenvalue weighted by Gasteiger charge is 2.12. The van der Waals surface area contributed by atoms with Crippen LogP contribution in [-0.4, -0.2) is 24.5 Å². The second-order valence-corrected chi connectivity index (χ2v) is 2.34. The van der Waals surface area contributed by atoms with E-state index in [9.17, 15) is 9.59 Å². The predicted octanol–water partition coefficient (Wildman–Crippen LogP) is 1.21. The van der Waals surface area contributed by atoms with Crippen molar-refractivity contribution >= 4 is 12.3 Å². The number of benzene rings is 1. The molecule has 0 atom stereocenters. The van der Waals surface area contributed by atoms with Crippen molar-refractivity contribution in [3.63, 3.8) is 0 Å². The van der Waals surface area contributed by atoms with Crippen molar-refractivity contribution in [1.29, 1.82) is 0 Å². The molecule has 0 aromatic heterocycles. The molecule has 1 aromatic rings. The number of carbonyl (C=O) groups is 2. The van der Waals surface area contributed by atoms with Crippen LogP contribution in [0.25, 0.3) is 0 Å². The third kappa shape index (κ3) is 1.66. The summed E-state index contributed by atoms with van der Waals surface area (Å²) < 4.78 is 4.83. The second-order valence-electron chi connectivity index (χ2n) is 2.34. The summed E-state index contributed by atoms with van der Waals surface area (Å²) >= 11 is 0. The van der Waals surface area contributed by atoms with Crippen LogP contribution in [0.15, 0.2) is 18.2 Å². The van der Waals surface area contributed by atoms with E-state index < -0.39 is 5.97 Å². The Morgan fingerprint density at radius 1 is 1.54 bits per heavy atom. The third-order valence-corrected chi connectivity index (χ3v) is 1.63. The van der Waals surface area contributed by atoms with Gasteiger partial charge in [-0.1, -0.05) is 6.07 Å². The molecule has 1 N–H and O–H groups in total. The zero-order chi connectivity index (χ0) is 9.84. The maximum Gasteiger partial charge on any atom is 0.336 e. The number of ether oxygens (including phenoxy) is 1. The molecule has 0 saturated heterocycles. The normalized spacial score (nSPS) is 9.31. The van der Waals surface area contributed by atoms with Gasteiger partial charge in [-0.15, -0.1) is 0 Å². The quantitative estimate of drug-likeness (QED) is 0.710. The number of hydrogen-bond donors (Lipinski definition) is 1. The van der Waals surface area contributed by atoms with E-state index in [0.717, 1.165) is 0 Å². The van der Waals surface area contributed by atoms with Crippen molar-refractivity contribution in [3.8, 4) is 5.75 Å². The molecule has 68 valence electrons. The second kappa shape index (κ2) is 3.71. The zero-order valence-electron chi connectivity index (χ0n) is 6.98. The van der Waals surface area contributed by atoms with Gasteiger partial charge < -0.3 is 9.84 Å². The average Bonchev–Trinajstić information content (AvgIpc) is 2.16. The SMILES string of the molecule is COc1cccc(C(=O)O)c1C=O. The number of carbonyl (C=O) groups excluding carboxylic acids is 1. The summed E-state index contributed by atoms with van der Waals surface area (Å²) in [4.78, 5) is 21.2. The summed E-state index contributed by atoms with van der Waals surface area (Å²) in [6.45, 7) is 0. The lowest BCUT2D eigenvalue weighted by Crippen LogP contribution is -2.03. The Balaban J connectivity index is 3.35. The van der Waals surface area contributed by atoms with E-state index in [-0.39, 0.29) is 16.9 Å². The van der Waals surface area contributed by atoms with E-state index in [4.69, 9.17) is 9.84 Å². The third-order valence-electron chi connectivity index (χ3n) is 1.63. The van der Waals surface area contributed by atoms with Crippen LogP contribution in [0.1, 0.15) is 20.7 Å². The molecule has 4 heteroatoms. The number of carboxylic acids is 1. The molecule has 0 aliphatic heterocycles. The van der Waals surface area contributed by atoms with Crippen molar-refractivity contribution in [2.45, 2.75) is 0 Å². The largest absolute Gasteiger partial charge is 0.496 e. The molecule has 4 nitrogen and oxygen atoms in total. The van der Waals surface area contributed by atoms with Crippen molar-refractivity contribution in [1.82, 2.24) is 0 Å². The Bertz CT molecular complexity index is 343. The van der Waals surface area contributed by atoms with Gasteiger partial charge in [-0.25, -0.2) is 4.79 Å². The molecular weight excluding hydrogens is 172 g/mol. The van der Waals surface area contributed by atoms with E-state index in [1.165, 1.54) is 25.3 Å². The fourth-order valence-corrected chi connectivity index (χ4v) is 1.03. The number of rotatable bonds is 3. The lowest BCUT2D eigenvalue weighted by Gasteiger charge is -2.04. The smallest absolute Gasteiger partial charge is 0.336 e. The van der Waals surface area contributed by atoms with E-state index in [1.54, 1.807) is 0 Å². The highest BCUT2D eigenvalue weighted by molar-refractivity contribution is 5.98. The Labute approximate surface area is 74.8 Å². The van der Waals surface area contributed by atoms with Crippen molar-refractivity contribution in [3.05, 3.63) is 29.3 Å². The van der Waals surface area contributed by atoms with E-state index in [1.807, 2.05) is 0 Å². The summed E-state index contributed by atoms with van der Waals surface area (Å²) in [7, 11) is 1.38. The fourth-order valence-electron chi connectivity index (χ4n) is 1.03. The van der Waals surface area contributed by atoms with Gasteiger partial charge in [0.25, 0.3) is 0 Å². The Kier molecular flexibility index (Phi) is 2.64. The molecule has 1 aromatic carbocycles. The first kappa shape index (κ1) is 9.25. The Morgan fingerprint density at radius 3 is 2.69 bits per heavy atom. The highest BCUT2D eigenvalue weighted by Crippen LogP contribution is 2.19. The first-order chi connectivity index (χ1) is 6.20. The van der Waals surface area contributed by atoms with Gasteiger partial charge in [0.1, 0.15) is 5.75 Å². The topological polar surface area (TPSA) is 63.6 Å². The zero-order valence-corrected chi connectivity index (χ0v) is 6.98. The molecule has 0 amide bonds. The Morgan fingerprint density at radius 2 is 2.23 bits per heavy atom. The van der Waals surface area contributed by atoms with Gasteiger partial charge in [-0.3, -0.25) is 4.79 Å². The summed E-state index contributed by atoms with van der Waals surface area (Å²) in [5, 5.41) is 8.70. The van der Waals surface area contributed by atoms with Crippen LogP contribution in [0.5, 0.6) is 5.75 Å². The molecule has 0 radical (unpaired) electrons. The molecule has 0 aliphatic carbocycles. The minimum atomic E-state index is -1.14. The molecule has 0 spiro atoms. The van der Waals surface area contributed by atoms with Gasteiger partial charge >= 0.3 is 5.97 Å². The minimum Gasteiger partial charge on any atom is -0.496 e. The van der Waals surface area contributed by atoms with Crippen molar-refractivity contribution in [2.24, 2.45) is 0 Å². The van der Waals surface area contributed by atoms with Gasteiger partial charge in [0.2, 0.25) is 0 Å². The standard InChI is InChI=1S/C9H8O4/c1-13-8-4-2-3-6(9(11)12)7(8)5-10/h2-5H,1H3,(H,11,12). The molecule has 0 fully saturated rings. The van der Waals surface area contributed by atoms with Crippen LogP contribution in [-0.2, 0) is 0 Å². The van der Waals surface area contributed by atoms with Crippen LogP contribution < -0.4 is 4.74 Å². The first-order valence-corrected chi connectivity index (χ1v) is 3.56. The molecule has 0 heterocycles. The number of aldehydes is 1. The number of methoxy groups -OCH3 is 1. The molecule has 0 saturated carbocycles. The van der Waals surface area contributed by atoms with Crippen LogP contribution in [0.4, 0.5) is 0 Å². The predicted molar refractivity (Wildman–Crippen MR) is 45.3 cm³/mol. The average molecular weight is 180 g/mol. The molecule has 0 unspecified atom stereocenters. The van der Waals surface area contributed by atoms with Crippen LogP contribution in [0, 0.1) is 0 Å². The number of aromatic carboxylic acids is 1. The molecule has 1 rings (SSSR count). The van der Waals surface area contributed by atoms with Gasteiger partial charge in [-0.2, -0.15) is 0 Å². The van der Waals surface area contributed by atoms with E-state index in [0.29, 0.717) is 6.29 Å². The van der Waals surface area contributed by atoms with Crippen molar-refractivity contribution < 1.29 is 19.4 Å². The Hall–Kier alpha value is -1.84.